The number of aryl methyl sites for hydroxylation is 3. The summed E-state index contributed by atoms with van der Waals surface area (Å²) in [6.45, 7) is 4.04. The first-order valence-electron chi connectivity index (χ1n) is 8.61. The molecule has 0 bridgehead atoms. The highest BCUT2D eigenvalue weighted by Crippen LogP contribution is 2.25. The fourth-order valence-electron chi connectivity index (χ4n) is 3.47. The summed E-state index contributed by atoms with van der Waals surface area (Å²) in [7, 11) is 1.66. The molecule has 126 valence electrons. The number of benzene rings is 2. The number of carbonyl (C=O) groups excluding carboxylic acids is 1. The fourth-order valence-corrected chi connectivity index (χ4v) is 3.47. The predicted octanol–water partition coefficient (Wildman–Crippen LogP) is 3.91. The van der Waals surface area contributed by atoms with Gasteiger partial charge in [0.05, 0.1) is 19.6 Å². The van der Waals surface area contributed by atoms with Gasteiger partial charge in [-0.1, -0.05) is 30.3 Å². The minimum Gasteiger partial charge on any atom is -0.496 e. The van der Waals surface area contributed by atoms with Gasteiger partial charge in [0.15, 0.2) is 0 Å². The Hall–Kier alpha value is -2.29. The van der Waals surface area contributed by atoms with Crippen molar-refractivity contribution in [1.82, 2.24) is 5.32 Å². The summed E-state index contributed by atoms with van der Waals surface area (Å²) in [6, 6.07) is 12.5. The van der Waals surface area contributed by atoms with Crippen molar-refractivity contribution in [3.05, 3.63) is 64.2 Å². The average Bonchev–Trinajstić information content (AvgIpc) is 3.02. The Bertz CT molecular complexity index is 751. The lowest BCUT2D eigenvalue weighted by Gasteiger charge is -2.16. The van der Waals surface area contributed by atoms with E-state index in [1.807, 2.05) is 32.0 Å². The molecule has 2 aromatic carbocycles. The van der Waals surface area contributed by atoms with E-state index in [9.17, 15) is 4.79 Å². The van der Waals surface area contributed by atoms with Crippen LogP contribution in [0.1, 0.15) is 47.2 Å². The molecular formula is C21H25NO2. The van der Waals surface area contributed by atoms with Gasteiger partial charge in [0.2, 0.25) is 5.91 Å². The Balaban J connectivity index is 1.63. The molecule has 1 aliphatic carbocycles. The van der Waals surface area contributed by atoms with E-state index in [0.717, 1.165) is 23.3 Å². The first kappa shape index (κ1) is 16.6. The topological polar surface area (TPSA) is 38.3 Å². The van der Waals surface area contributed by atoms with E-state index in [-0.39, 0.29) is 11.9 Å². The molecule has 0 aliphatic heterocycles. The molecule has 1 atom stereocenters. The first-order valence-corrected chi connectivity index (χ1v) is 8.61. The van der Waals surface area contributed by atoms with Crippen molar-refractivity contribution < 1.29 is 9.53 Å². The Morgan fingerprint density at radius 2 is 1.96 bits per heavy atom. The SMILES string of the molecule is COc1ccc(CC(=O)NC(C)c2ccc3c(c2)CCC3)cc1C. The number of methoxy groups -OCH3 is 1. The minimum absolute atomic E-state index is 0.0303. The molecule has 0 spiro atoms. The third-order valence-electron chi connectivity index (χ3n) is 4.82. The lowest BCUT2D eigenvalue weighted by Crippen LogP contribution is -2.28. The second-order valence-electron chi connectivity index (χ2n) is 6.65. The van der Waals surface area contributed by atoms with Crippen LogP contribution in [0.3, 0.4) is 0 Å². The minimum atomic E-state index is 0.0303. The number of nitrogens with one attached hydrogen (secondary N) is 1. The monoisotopic (exact) mass is 323 g/mol. The lowest BCUT2D eigenvalue weighted by atomic mass is 10.0. The molecule has 0 aromatic heterocycles. The summed E-state index contributed by atoms with van der Waals surface area (Å²) < 4.78 is 5.26. The van der Waals surface area contributed by atoms with E-state index < -0.39 is 0 Å². The molecule has 0 fully saturated rings. The van der Waals surface area contributed by atoms with E-state index in [0.29, 0.717) is 6.42 Å². The molecular weight excluding hydrogens is 298 g/mol. The summed E-state index contributed by atoms with van der Waals surface area (Å²) in [5, 5.41) is 3.11. The van der Waals surface area contributed by atoms with Crippen molar-refractivity contribution in [3.63, 3.8) is 0 Å². The highest BCUT2D eigenvalue weighted by atomic mass is 16.5. The van der Waals surface area contributed by atoms with Gasteiger partial charge in [-0.05, 0) is 67.0 Å². The molecule has 3 nitrogen and oxygen atoms in total. The number of hydrogen-bond acceptors (Lipinski definition) is 2. The second-order valence-corrected chi connectivity index (χ2v) is 6.65. The van der Waals surface area contributed by atoms with Crippen molar-refractivity contribution >= 4 is 5.91 Å². The summed E-state index contributed by atoms with van der Waals surface area (Å²) in [5.41, 5.74) is 6.15. The van der Waals surface area contributed by atoms with Crippen molar-refractivity contribution in [2.45, 2.75) is 45.6 Å². The molecule has 0 heterocycles. The van der Waals surface area contributed by atoms with Crippen LogP contribution < -0.4 is 10.1 Å². The van der Waals surface area contributed by atoms with Crippen LogP contribution in [0.2, 0.25) is 0 Å². The van der Waals surface area contributed by atoms with Gasteiger partial charge >= 0.3 is 0 Å². The van der Waals surface area contributed by atoms with Gasteiger partial charge in [0.1, 0.15) is 5.75 Å². The molecule has 0 radical (unpaired) electrons. The third kappa shape index (κ3) is 3.61. The highest BCUT2D eigenvalue weighted by molar-refractivity contribution is 5.79. The molecule has 0 saturated heterocycles. The van der Waals surface area contributed by atoms with E-state index >= 15 is 0 Å². The van der Waals surface area contributed by atoms with E-state index in [2.05, 4.69) is 23.5 Å². The van der Waals surface area contributed by atoms with Crippen LogP contribution in [0.25, 0.3) is 0 Å². The third-order valence-corrected chi connectivity index (χ3v) is 4.82. The molecule has 1 unspecified atom stereocenters. The Morgan fingerprint density at radius 1 is 1.17 bits per heavy atom. The van der Waals surface area contributed by atoms with Crippen molar-refractivity contribution in [2.75, 3.05) is 7.11 Å². The van der Waals surface area contributed by atoms with Crippen molar-refractivity contribution in [3.8, 4) is 5.75 Å². The van der Waals surface area contributed by atoms with Crippen LogP contribution in [-0.2, 0) is 24.1 Å². The van der Waals surface area contributed by atoms with Gasteiger partial charge in [0, 0.05) is 0 Å². The number of ether oxygens (including phenoxy) is 1. The average molecular weight is 323 g/mol. The van der Waals surface area contributed by atoms with Crippen LogP contribution >= 0.6 is 0 Å². The molecule has 2 aromatic rings. The Labute approximate surface area is 144 Å². The molecule has 24 heavy (non-hydrogen) atoms. The molecule has 1 N–H and O–H groups in total. The predicted molar refractivity (Wildman–Crippen MR) is 96.5 cm³/mol. The van der Waals surface area contributed by atoms with E-state index in [4.69, 9.17) is 4.74 Å². The van der Waals surface area contributed by atoms with Crippen LogP contribution in [0, 0.1) is 6.92 Å². The Kier molecular flexibility index (Phi) is 4.89. The van der Waals surface area contributed by atoms with Crippen LogP contribution in [0.5, 0.6) is 5.75 Å². The second kappa shape index (κ2) is 7.08. The summed E-state index contributed by atoms with van der Waals surface area (Å²) in [6.07, 6.45) is 3.98. The zero-order chi connectivity index (χ0) is 17.1. The normalized spacial score (nSPS) is 14.1. The van der Waals surface area contributed by atoms with Crippen molar-refractivity contribution in [2.24, 2.45) is 0 Å². The number of amides is 1. The Morgan fingerprint density at radius 3 is 2.71 bits per heavy atom. The van der Waals surface area contributed by atoms with Crippen LogP contribution in [0.4, 0.5) is 0 Å². The van der Waals surface area contributed by atoms with Crippen molar-refractivity contribution in [1.29, 1.82) is 0 Å². The number of hydrogen-bond donors (Lipinski definition) is 1. The van der Waals surface area contributed by atoms with E-state index in [1.165, 1.54) is 29.5 Å². The molecule has 1 aliphatic rings. The molecule has 0 saturated carbocycles. The maximum atomic E-state index is 12.4. The zero-order valence-electron chi connectivity index (χ0n) is 14.7. The lowest BCUT2D eigenvalue weighted by molar-refractivity contribution is -0.121. The van der Waals surface area contributed by atoms with Gasteiger partial charge in [0.25, 0.3) is 0 Å². The first-order chi connectivity index (χ1) is 11.6. The number of carbonyl (C=O) groups is 1. The maximum absolute atomic E-state index is 12.4. The zero-order valence-corrected chi connectivity index (χ0v) is 14.7. The van der Waals surface area contributed by atoms with Crippen LogP contribution in [-0.4, -0.2) is 13.0 Å². The smallest absolute Gasteiger partial charge is 0.224 e. The number of fused-ring (bicyclic) bond motifs is 1. The molecule has 3 heteroatoms. The largest absolute Gasteiger partial charge is 0.496 e. The van der Waals surface area contributed by atoms with Gasteiger partial charge in [-0.3, -0.25) is 4.79 Å². The summed E-state index contributed by atoms with van der Waals surface area (Å²) in [4.78, 5) is 12.4. The molecule has 3 rings (SSSR count). The summed E-state index contributed by atoms with van der Waals surface area (Å²) >= 11 is 0. The quantitative estimate of drug-likeness (QED) is 0.906. The maximum Gasteiger partial charge on any atom is 0.224 e. The molecule has 1 amide bonds. The van der Waals surface area contributed by atoms with Gasteiger partial charge in [-0.15, -0.1) is 0 Å². The number of rotatable bonds is 5. The summed E-state index contributed by atoms with van der Waals surface area (Å²) in [5.74, 6) is 0.901. The van der Waals surface area contributed by atoms with Gasteiger partial charge in [-0.2, -0.15) is 0 Å². The van der Waals surface area contributed by atoms with Crippen LogP contribution in [0.15, 0.2) is 36.4 Å². The van der Waals surface area contributed by atoms with Gasteiger partial charge < -0.3 is 10.1 Å². The van der Waals surface area contributed by atoms with Gasteiger partial charge in [-0.25, -0.2) is 0 Å². The highest BCUT2D eigenvalue weighted by Gasteiger charge is 2.15. The fraction of sp³-hybridized carbons (Fsp3) is 0.381. The standard InChI is InChI=1S/C21H25NO2/c1-14-11-16(7-10-20(14)24-3)12-21(23)22-15(2)18-9-8-17-5-4-6-19(17)13-18/h7-11,13,15H,4-6,12H2,1-3H3,(H,22,23). The van der Waals surface area contributed by atoms with E-state index in [1.54, 1.807) is 7.11 Å².